The second-order valence-corrected chi connectivity index (χ2v) is 7.54. The maximum absolute atomic E-state index is 12.6. The zero-order valence-corrected chi connectivity index (χ0v) is 14.9. The normalized spacial score (nSPS) is 16.8. The third-order valence-electron chi connectivity index (χ3n) is 5.09. The van der Waals surface area contributed by atoms with Crippen molar-refractivity contribution < 1.29 is 4.79 Å². The van der Waals surface area contributed by atoms with Gasteiger partial charge in [-0.3, -0.25) is 9.89 Å². The van der Waals surface area contributed by atoms with Gasteiger partial charge < -0.3 is 4.90 Å². The van der Waals surface area contributed by atoms with Gasteiger partial charge in [0.1, 0.15) is 0 Å². The first-order valence-corrected chi connectivity index (χ1v) is 9.33. The molecule has 3 aromatic rings. The van der Waals surface area contributed by atoms with Crippen LogP contribution in [0.1, 0.15) is 39.5 Å². The SMILES string of the molecule is Cc1nc(C2(c3ccccc3)CCN(C(=O)c3cn[nH]c3)CC2)cs1. The fraction of sp³-hybridized carbons (Fsp3) is 0.316. The predicted octanol–water partition coefficient (Wildman–Crippen LogP) is 3.40. The Hall–Kier alpha value is -2.47. The number of aromatic amines is 1. The summed E-state index contributed by atoms with van der Waals surface area (Å²) >= 11 is 1.69. The van der Waals surface area contributed by atoms with E-state index in [1.807, 2.05) is 17.9 Å². The molecule has 0 saturated carbocycles. The highest BCUT2D eigenvalue weighted by molar-refractivity contribution is 7.09. The van der Waals surface area contributed by atoms with E-state index >= 15 is 0 Å². The van der Waals surface area contributed by atoms with Crippen LogP contribution in [0, 0.1) is 6.92 Å². The summed E-state index contributed by atoms with van der Waals surface area (Å²) in [7, 11) is 0. The smallest absolute Gasteiger partial charge is 0.257 e. The number of thiazole rings is 1. The molecule has 1 aliphatic heterocycles. The first-order chi connectivity index (χ1) is 12.2. The van der Waals surface area contributed by atoms with Gasteiger partial charge in [-0.25, -0.2) is 4.98 Å². The number of hydrogen-bond acceptors (Lipinski definition) is 4. The van der Waals surface area contributed by atoms with Gasteiger partial charge >= 0.3 is 0 Å². The summed E-state index contributed by atoms with van der Waals surface area (Å²) in [6.45, 7) is 3.48. The average molecular weight is 352 g/mol. The first-order valence-electron chi connectivity index (χ1n) is 8.45. The van der Waals surface area contributed by atoms with Gasteiger partial charge in [-0.1, -0.05) is 30.3 Å². The van der Waals surface area contributed by atoms with Gasteiger partial charge in [0.05, 0.1) is 22.5 Å². The zero-order valence-electron chi connectivity index (χ0n) is 14.1. The predicted molar refractivity (Wildman–Crippen MR) is 97.8 cm³/mol. The molecule has 1 saturated heterocycles. The van der Waals surface area contributed by atoms with E-state index < -0.39 is 0 Å². The van der Waals surface area contributed by atoms with Crippen LogP contribution in [0.25, 0.3) is 0 Å². The Balaban J connectivity index is 1.63. The first kappa shape index (κ1) is 16.0. The van der Waals surface area contributed by atoms with Gasteiger partial charge in [-0.15, -0.1) is 11.3 Å². The lowest BCUT2D eigenvalue weighted by molar-refractivity contribution is 0.0684. The summed E-state index contributed by atoms with van der Waals surface area (Å²) in [6.07, 6.45) is 5.00. The van der Waals surface area contributed by atoms with E-state index in [9.17, 15) is 4.79 Å². The molecule has 25 heavy (non-hydrogen) atoms. The third-order valence-corrected chi connectivity index (χ3v) is 5.86. The number of nitrogens with one attached hydrogen (secondary N) is 1. The molecule has 1 fully saturated rings. The number of H-pyrrole nitrogens is 1. The monoisotopic (exact) mass is 352 g/mol. The molecule has 1 amide bonds. The Bertz CT molecular complexity index is 849. The number of amides is 1. The van der Waals surface area contributed by atoms with Crippen molar-refractivity contribution in [2.24, 2.45) is 0 Å². The summed E-state index contributed by atoms with van der Waals surface area (Å²) in [5, 5.41) is 9.86. The second kappa shape index (κ2) is 6.44. The number of piperidine rings is 1. The molecular formula is C19H20N4OS. The number of aryl methyl sites for hydroxylation is 1. The lowest BCUT2D eigenvalue weighted by Crippen LogP contribution is -2.45. The maximum atomic E-state index is 12.6. The molecule has 0 spiro atoms. The quantitative estimate of drug-likeness (QED) is 0.786. The molecule has 0 unspecified atom stereocenters. The van der Waals surface area contributed by atoms with E-state index in [1.54, 1.807) is 23.7 Å². The minimum absolute atomic E-state index is 0.0462. The third kappa shape index (κ3) is 2.87. The summed E-state index contributed by atoms with van der Waals surface area (Å²) in [5.41, 5.74) is 2.93. The van der Waals surface area contributed by atoms with E-state index in [0.717, 1.165) is 36.6 Å². The maximum Gasteiger partial charge on any atom is 0.257 e. The molecule has 1 aromatic carbocycles. The van der Waals surface area contributed by atoms with E-state index in [1.165, 1.54) is 5.56 Å². The zero-order chi connectivity index (χ0) is 17.3. The van der Waals surface area contributed by atoms with E-state index in [2.05, 4.69) is 39.8 Å². The van der Waals surface area contributed by atoms with Crippen LogP contribution in [-0.2, 0) is 5.41 Å². The Morgan fingerprint density at radius 2 is 2.00 bits per heavy atom. The molecule has 0 aliphatic carbocycles. The van der Waals surface area contributed by atoms with Gasteiger partial charge in [-0.2, -0.15) is 5.10 Å². The van der Waals surface area contributed by atoms with Gasteiger partial charge in [0.15, 0.2) is 0 Å². The van der Waals surface area contributed by atoms with E-state index in [-0.39, 0.29) is 11.3 Å². The van der Waals surface area contributed by atoms with Gasteiger partial charge in [0.25, 0.3) is 5.91 Å². The van der Waals surface area contributed by atoms with Gasteiger partial charge in [0.2, 0.25) is 0 Å². The molecule has 0 radical (unpaired) electrons. The number of hydrogen-bond donors (Lipinski definition) is 1. The molecule has 6 heteroatoms. The van der Waals surface area contributed by atoms with Gasteiger partial charge in [0, 0.05) is 30.1 Å². The van der Waals surface area contributed by atoms with Crippen molar-refractivity contribution in [1.82, 2.24) is 20.1 Å². The molecule has 3 heterocycles. The Labute approximate surface area is 150 Å². The summed E-state index contributed by atoms with van der Waals surface area (Å²) in [6, 6.07) is 10.6. The summed E-state index contributed by atoms with van der Waals surface area (Å²) < 4.78 is 0. The van der Waals surface area contributed by atoms with Crippen molar-refractivity contribution in [3.8, 4) is 0 Å². The Kier molecular flexibility index (Phi) is 4.13. The Morgan fingerprint density at radius 1 is 1.24 bits per heavy atom. The van der Waals surface area contributed by atoms with E-state index in [4.69, 9.17) is 4.98 Å². The van der Waals surface area contributed by atoms with Crippen LogP contribution < -0.4 is 0 Å². The molecule has 128 valence electrons. The van der Waals surface area contributed by atoms with Crippen molar-refractivity contribution >= 4 is 17.2 Å². The number of aromatic nitrogens is 3. The molecule has 1 aliphatic rings. The molecule has 0 atom stereocenters. The van der Waals surface area contributed by atoms with Crippen molar-refractivity contribution in [2.45, 2.75) is 25.2 Å². The summed E-state index contributed by atoms with van der Waals surface area (Å²) in [4.78, 5) is 19.3. The summed E-state index contributed by atoms with van der Waals surface area (Å²) in [5.74, 6) is 0.0462. The highest BCUT2D eigenvalue weighted by atomic mass is 32.1. The number of carbonyl (C=O) groups excluding carboxylic acids is 1. The van der Waals surface area contributed by atoms with Crippen molar-refractivity contribution in [1.29, 1.82) is 0 Å². The van der Waals surface area contributed by atoms with Crippen molar-refractivity contribution in [2.75, 3.05) is 13.1 Å². The minimum Gasteiger partial charge on any atom is -0.338 e. The lowest BCUT2D eigenvalue weighted by atomic mass is 9.70. The highest BCUT2D eigenvalue weighted by Crippen LogP contribution is 2.42. The van der Waals surface area contributed by atoms with Crippen LogP contribution in [0.4, 0.5) is 0 Å². The lowest BCUT2D eigenvalue weighted by Gasteiger charge is -2.41. The molecule has 2 aromatic heterocycles. The number of carbonyl (C=O) groups is 1. The minimum atomic E-state index is -0.112. The fourth-order valence-corrected chi connectivity index (χ4v) is 4.39. The molecular weight excluding hydrogens is 332 g/mol. The fourth-order valence-electron chi connectivity index (χ4n) is 3.68. The van der Waals surface area contributed by atoms with Crippen molar-refractivity contribution in [3.63, 3.8) is 0 Å². The molecule has 0 bridgehead atoms. The molecule has 5 nitrogen and oxygen atoms in total. The van der Waals surface area contributed by atoms with Crippen LogP contribution in [0.15, 0.2) is 48.1 Å². The average Bonchev–Trinajstić information content (AvgIpc) is 3.34. The van der Waals surface area contributed by atoms with Crippen molar-refractivity contribution in [3.05, 3.63) is 69.9 Å². The van der Waals surface area contributed by atoms with Gasteiger partial charge in [-0.05, 0) is 25.3 Å². The van der Waals surface area contributed by atoms with Crippen LogP contribution in [0.3, 0.4) is 0 Å². The molecule has 1 N–H and O–H groups in total. The second-order valence-electron chi connectivity index (χ2n) is 6.48. The number of likely N-dealkylation sites (tertiary alicyclic amines) is 1. The number of benzene rings is 1. The topological polar surface area (TPSA) is 61.9 Å². The molecule has 4 rings (SSSR count). The Morgan fingerprint density at radius 3 is 2.60 bits per heavy atom. The van der Waals surface area contributed by atoms with Crippen LogP contribution in [0.5, 0.6) is 0 Å². The van der Waals surface area contributed by atoms with Crippen LogP contribution in [-0.4, -0.2) is 39.1 Å². The standard InChI is InChI=1S/C19H20N4OS/c1-14-22-17(13-25-14)19(16-5-3-2-4-6-16)7-9-23(10-8-19)18(24)15-11-20-21-12-15/h2-6,11-13H,7-10H2,1H3,(H,20,21). The number of rotatable bonds is 3. The number of nitrogens with zero attached hydrogens (tertiary/aromatic N) is 3. The largest absolute Gasteiger partial charge is 0.338 e. The van der Waals surface area contributed by atoms with E-state index in [0.29, 0.717) is 5.56 Å². The van der Waals surface area contributed by atoms with Crippen LogP contribution in [0.2, 0.25) is 0 Å². The highest BCUT2D eigenvalue weighted by Gasteiger charge is 2.40. The van der Waals surface area contributed by atoms with Crippen LogP contribution >= 0.6 is 11.3 Å².